The first-order chi connectivity index (χ1) is 13.5. The van der Waals surface area contributed by atoms with Crippen molar-refractivity contribution in [3.05, 3.63) is 41.8 Å². The zero-order valence-electron chi connectivity index (χ0n) is 18.7. The summed E-state index contributed by atoms with van der Waals surface area (Å²) in [5, 5.41) is 0. The Balaban J connectivity index is 2.52. The van der Waals surface area contributed by atoms with Crippen molar-refractivity contribution < 1.29 is 18.9 Å². The van der Waals surface area contributed by atoms with Crippen LogP contribution < -0.4 is 9.62 Å². The van der Waals surface area contributed by atoms with Gasteiger partial charge in [0.15, 0.2) is 5.75 Å². The van der Waals surface area contributed by atoms with Crippen molar-refractivity contribution in [2.75, 3.05) is 7.11 Å². The molecule has 0 atom stereocenters. The topological polar surface area (TPSA) is 43.8 Å². The van der Waals surface area contributed by atoms with Crippen LogP contribution >= 0.6 is 0 Å². The number of benzene rings is 1. The summed E-state index contributed by atoms with van der Waals surface area (Å²) >= 11 is 0. The van der Waals surface area contributed by atoms with Gasteiger partial charge >= 0.3 is 0 Å². The van der Waals surface area contributed by atoms with Gasteiger partial charge in [-0.1, -0.05) is 6.07 Å². The molecular formula is C23H33FN2O3. The van der Waals surface area contributed by atoms with Gasteiger partial charge in [0.05, 0.1) is 13.3 Å². The molecule has 29 heavy (non-hydrogen) atoms. The minimum absolute atomic E-state index is 0.329. The second-order valence-electron chi connectivity index (χ2n) is 8.66. The highest BCUT2D eigenvalue weighted by atomic mass is 19.1. The van der Waals surface area contributed by atoms with Gasteiger partial charge in [-0.25, -0.2) is 9.37 Å². The fourth-order valence-corrected chi connectivity index (χ4v) is 3.08. The van der Waals surface area contributed by atoms with Crippen molar-refractivity contribution in [3.63, 3.8) is 0 Å². The lowest BCUT2D eigenvalue weighted by atomic mass is 9.98. The van der Waals surface area contributed by atoms with Crippen LogP contribution in [0.2, 0.25) is 0 Å². The van der Waals surface area contributed by atoms with Gasteiger partial charge in [-0.05, 0) is 71.7 Å². The highest BCUT2D eigenvalue weighted by Crippen LogP contribution is 2.33. The Bertz CT molecular complexity index is 808. The van der Waals surface area contributed by atoms with Gasteiger partial charge in [-0.15, -0.1) is 0 Å². The fourth-order valence-electron chi connectivity index (χ4n) is 3.08. The van der Waals surface area contributed by atoms with E-state index in [1.54, 1.807) is 12.1 Å². The Morgan fingerprint density at radius 3 is 2.24 bits per heavy atom. The third kappa shape index (κ3) is 6.41. The monoisotopic (exact) mass is 404 g/mol. The number of rotatable bonds is 8. The molecule has 0 aliphatic heterocycles. The van der Waals surface area contributed by atoms with E-state index in [1.807, 2.05) is 32.9 Å². The first kappa shape index (κ1) is 23.1. The number of pyridine rings is 1. The zero-order valence-corrected chi connectivity index (χ0v) is 18.7. The van der Waals surface area contributed by atoms with Gasteiger partial charge in [-0.3, -0.25) is 4.90 Å². The van der Waals surface area contributed by atoms with E-state index >= 15 is 0 Å². The Morgan fingerprint density at radius 2 is 1.69 bits per heavy atom. The largest absolute Gasteiger partial charge is 0.481 e. The summed E-state index contributed by atoms with van der Waals surface area (Å²) < 4.78 is 19.8. The molecule has 2 rings (SSSR count). The summed E-state index contributed by atoms with van der Waals surface area (Å²) in [5.41, 5.74) is 1.72. The number of hydrogen-bond acceptors (Lipinski definition) is 5. The molecule has 2 aromatic rings. The first-order valence-electron chi connectivity index (χ1n) is 9.96. The van der Waals surface area contributed by atoms with Crippen LogP contribution in [0, 0.1) is 5.82 Å². The van der Waals surface area contributed by atoms with Gasteiger partial charge < -0.3 is 9.62 Å². The van der Waals surface area contributed by atoms with Crippen LogP contribution in [0.4, 0.5) is 4.39 Å². The Morgan fingerprint density at radius 1 is 1.03 bits per heavy atom. The van der Waals surface area contributed by atoms with Crippen LogP contribution in [-0.2, 0) is 11.4 Å². The van der Waals surface area contributed by atoms with E-state index < -0.39 is 11.4 Å². The van der Waals surface area contributed by atoms with E-state index in [4.69, 9.17) is 14.5 Å². The van der Waals surface area contributed by atoms with Crippen molar-refractivity contribution in [1.82, 2.24) is 9.88 Å². The number of ether oxygens (including phenoxy) is 1. The third-order valence-corrected chi connectivity index (χ3v) is 4.47. The average Bonchev–Trinajstić information content (AvgIpc) is 2.64. The molecule has 5 nitrogen and oxygen atoms in total. The molecule has 0 aliphatic carbocycles. The maximum absolute atomic E-state index is 14.6. The van der Waals surface area contributed by atoms with Crippen LogP contribution in [0.25, 0.3) is 11.1 Å². The van der Waals surface area contributed by atoms with Crippen LogP contribution in [0.5, 0.6) is 11.6 Å². The minimum Gasteiger partial charge on any atom is -0.481 e. The van der Waals surface area contributed by atoms with Crippen LogP contribution in [-0.4, -0.2) is 34.7 Å². The molecule has 6 heteroatoms. The van der Waals surface area contributed by atoms with E-state index in [9.17, 15) is 4.39 Å². The highest BCUT2D eigenvalue weighted by Gasteiger charge is 2.20. The van der Waals surface area contributed by atoms with Gasteiger partial charge in [0.25, 0.3) is 0 Å². The van der Waals surface area contributed by atoms with E-state index in [-0.39, 0.29) is 0 Å². The number of halogens is 1. The number of aromatic nitrogens is 1. The SMILES string of the molecule is COc1cc(-c2ccc(OOC(C)(C)C)cc2CN(C(C)C)C(C)C)c(F)cn1. The van der Waals surface area contributed by atoms with Crippen LogP contribution in [0.3, 0.4) is 0 Å². The molecule has 1 aromatic heterocycles. The lowest BCUT2D eigenvalue weighted by Gasteiger charge is -2.31. The third-order valence-electron chi connectivity index (χ3n) is 4.47. The molecule has 0 bridgehead atoms. The van der Waals surface area contributed by atoms with E-state index in [1.165, 1.54) is 13.3 Å². The van der Waals surface area contributed by atoms with Crippen LogP contribution in [0.15, 0.2) is 30.5 Å². The summed E-state index contributed by atoms with van der Waals surface area (Å²) in [6, 6.07) is 7.82. The molecule has 0 N–H and O–H groups in total. The van der Waals surface area contributed by atoms with Gasteiger partial charge in [-0.2, -0.15) is 4.89 Å². The van der Waals surface area contributed by atoms with E-state index in [0.717, 1.165) is 11.1 Å². The molecule has 0 radical (unpaired) electrons. The molecule has 0 unspecified atom stereocenters. The summed E-state index contributed by atoms with van der Waals surface area (Å²) in [7, 11) is 1.52. The van der Waals surface area contributed by atoms with E-state index in [2.05, 4.69) is 37.6 Å². The quantitative estimate of drug-likeness (QED) is 0.422. The molecule has 0 fully saturated rings. The van der Waals surface area contributed by atoms with E-state index in [0.29, 0.717) is 35.8 Å². The van der Waals surface area contributed by atoms with Crippen molar-refractivity contribution in [1.29, 1.82) is 0 Å². The van der Waals surface area contributed by atoms with Gasteiger partial charge in [0, 0.05) is 30.3 Å². The predicted molar refractivity (Wildman–Crippen MR) is 113 cm³/mol. The lowest BCUT2D eigenvalue weighted by Crippen LogP contribution is -2.36. The predicted octanol–water partition coefficient (Wildman–Crippen LogP) is 5.62. The minimum atomic E-state index is -0.439. The molecule has 1 heterocycles. The Kier molecular flexibility index (Phi) is 7.60. The molecule has 1 aromatic carbocycles. The van der Waals surface area contributed by atoms with Crippen molar-refractivity contribution in [3.8, 4) is 22.8 Å². The normalized spacial score (nSPS) is 12.1. The second kappa shape index (κ2) is 9.55. The molecular weight excluding hydrogens is 371 g/mol. The summed E-state index contributed by atoms with van der Waals surface area (Å²) in [6.45, 7) is 15.0. The second-order valence-corrected chi connectivity index (χ2v) is 8.66. The standard InChI is InChI=1S/C23H33FN2O3/c1-15(2)26(16(3)4)14-17-11-18(28-29-23(5,6)7)9-10-19(17)20-12-22(27-8)25-13-21(20)24/h9-13,15-16H,14H2,1-8H3. The molecule has 0 aliphatic rings. The number of hydrogen-bond donors (Lipinski definition) is 0. The maximum atomic E-state index is 14.6. The molecule has 160 valence electrons. The fraction of sp³-hybridized carbons (Fsp3) is 0.522. The first-order valence-corrected chi connectivity index (χ1v) is 9.96. The van der Waals surface area contributed by atoms with Crippen molar-refractivity contribution in [2.45, 2.75) is 72.7 Å². The van der Waals surface area contributed by atoms with Gasteiger partial charge in [0.2, 0.25) is 5.88 Å². The summed E-state index contributed by atoms with van der Waals surface area (Å²) in [6.07, 6.45) is 1.19. The summed E-state index contributed by atoms with van der Waals surface area (Å²) in [5.74, 6) is 0.549. The highest BCUT2D eigenvalue weighted by molar-refractivity contribution is 5.69. The molecule has 0 saturated heterocycles. The summed E-state index contributed by atoms with van der Waals surface area (Å²) in [4.78, 5) is 17.3. The Labute approximate surface area is 173 Å². The number of methoxy groups -OCH3 is 1. The van der Waals surface area contributed by atoms with Crippen molar-refractivity contribution >= 4 is 0 Å². The molecule has 0 amide bonds. The zero-order chi connectivity index (χ0) is 21.8. The number of nitrogens with zero attached hydrogens (tertiary/aromatic N) is 2. The maximum Gasteiger partial charge on any atom is 0.213 e. The Hall–Kier alpha value is -2.18. The molecule has 0 spiro atoms. The average molecular weight is 405 g/mol. The van der Waals surface area contributed by atoms with Crippen LogP contribution in [0.1, 0.15) is 54.0 Å². The lowest BCUT2D eigenvalue weighted by molar-refractivity contribution is -0.274. The van der Waals surface area contributed by atoms with Gasteiger partial charge in [0.1, 0.15) is 11.4 Å². The van der Waals surface area contributed by atoms with Crippen molar-refractivity contribution in [2.24, 2.45) is 0 Å². The molecule has 0 saturated carbocycles. The smallest absolute Gasteiger partial charge is 0.213 e.